The fourth-order valence-corrected chi connectivity index (χ4v) is 1.89. The van der Waals surface area contributed by atoms with Gasteiger partial charge in [-0.3, -0.25) is 14.9 Å². The first-order valence-corrected chi connectivity index (χ1v) is 5.83. The van der Waals surface area contributed by atoms with Gasteiger partial charge in [0.05, 0.1) is 11.6 Å². The molecule has 0 bridgehead atoms. The van der Waals surface area contributed by atoms with Gasteiger partial charge in [-0.05, 0) is 17.7 Å². The van der Waals surface area contributed by atoms with Crippen molar-refractivity contribution in [1.29, 1.82) is 0 Å². The summed E-state index contributed by atoms with van der Waals surface area (Å²) in [7, 11) is 0. The van der Waals surface area contributed by atoms with Gasteiger partial charge in [-0.25, -0.2) is 4.99 Å². The van der Waals surface area contributed by atoms with Crippen molar-refractivity contribution in [2.75, 3.05) is 0 Å². The second-order valence-corrected chi connectivity index (χ2v) is 4.27. The maximum Gasteiger partial charge on any atom is 0.234 e. The number of hydrogen-bond donors (Lipinski definition) is 4. The van der Waals surface area contributed by atoms with E-state index in [1.807, 2.05) is 0 Å². The van der Waals surface area contributed by atoms with Gasteiger partial charge in [0.15, 0.2) is 5.96 Å². The maximum atomic E-state index is 11.5. The molecule has 0 aliphatic carbocycles. The third-order valence-electron chi connectivity index (χ3n) is 2.75. The molecule has 1 fully saturated rings. The van der Waals surface area contributed by atoms with Crippen LogP contribution in [-0.4, -0.2) is 23.7 Å². The number of nitrogens with one attached hydrogen (secondary N) is 1. The normalized spacial score (nSPS) is 18.8. The molecule has 0 saturated carbocycles. The average Bonchev–Trinajstić information content (AvgIpc) is 2.68. The molecule has 1 aromatic rings. The molecular formula is C12H14N6O2. The molecule has 20 heavy (non-hydrogen) atoms. The lowest BCUT2D eigenvalue weighted by atomic mass is 9.97. The molecule has 8 heteroatoms. The molecule has 8 nitrogen and oxygen atoms in total. The Morgan fingerprint density at radius 3 is 2.30 bits per heavy atom. The van der Waals surface area contributed by atoms with E-state index in [9.17, 15) is 9.59 Å². The monoisotopic (exact) mass is 274 g/mol. The van der Waals surface area contributed by atoms with Crippen LogP contribution in [0.2, 0.25) is 0 Å². The average molecular weight is 274 g/mol. The summed E-state index contributed by atoms with van der Waals surface area (Å²) in [5.74, 6) is -1.24. The Hall–Kier alpha value is -2.90. The first-order valence-electron chi connectivity index (χ1n) is 5.83. The quantitative estimate of drug-likeness (QED) is 0.311. The molecule has 2 rings (SSSR count). The zero-order chi connectivity index (χ0) is 14.7. The molecule has 104 valence electrons. The molecule has 1 unspecified atom stereocenters. The molecule has 0 spiro atoms. The predicted octanol–water partition coefficient (Wildman–Crippen LogP) is -0.964. The van der Waals surface area contributed by atoms with Crippen molar-refractivity contribution < 1.29 is 9.59 Å². The largest absolute Gasteiger partial charge is 0.370 e. The fraction of sp³-hybridized carbons (Fsp3) is 0.167. The Bertz CT molecular complexity index is 601. The highest BCUT2D eigenvalue weighted by molar-refractivity contribution is 6.06. The zero-order valence-electron chi connectivity index (χ0n) is 10.5. The molecular weight excluding hydrogens is 260 g/mol. The van der Waals surface area contributed by atoms with Crippen LogP contribution >= 0.6 is 0 Å². The maximum absolute atomic E-state index is 11.5. The molecule has 7 N–H and O–H groups in total. The SMILES string of the molecule is NC(N)=NC(N)=Nc1ccc(C2CC(=O)NC2=O)cc1. The van der Waals surface area contributed by atoms with Crippen LogP contribution in [0, 0.1) is 0 Å². The van der Waals surface area contributed by atoms with Crippen molar-refractivity contribution in [3.05, 3.63) is 29.8 Å². The molecule has 1 saturated heterocycles. The van der Waals surface area contributed by atoms with E-state index in [4.69, 9.17) is 17.2 Å². The molecule has 1 aromatic carbocycles. The van der Waals surface area contributed by atoms with E-state index in [1.54, 1.807) is 24.3 Å². The second kappa shape index (κ2) is 5.39. The van der Waals surface area contributed by atoms with Gasteiger partial charge in [-0.1, -0.05) is 12.1 Å². The molecule has 2 amide bonds. The van der Waals surface area contributed by atoms with E-state index in [-0.39, 0.29) is 30.2 Å². The lowest BCUT2D eigenvalue weighted by Crippen LogP contribution is -2.26. The standard InChI is InChI=1S/C12H14N6O2/c13-11(14)18-12(15)16-7-3-1-6(2-4-7)8-5-9(19)17-10(8)20/h1-4,8H,5H2,(H,17,19,20)(H6,13,14,15,16,18). The van der Waals surface area contributed by atoms with Crippen LogP contribution in [-0.2, 0) is 9.59 Å². The fourth-order valence-electron chi connectivity index (χ4n) is 1.89. The molecule has 0 radical (unpaired) electrons. The number of hydrogen-bond acceptors (Lipinski definition) is 3. The Balaban J connectivity index is 2.17. The van der Waals surface area contributed by atoms with Crippen LogP contribution in [0.15, 0.2) is 34.3 Å². The van der Waals surface area contributed by atoms with E-state index < -0.39 is 5.92 Å². The summed E-state index contributed by atoms with van der Waals surface area (Å²) in [5, 5.41) is 2.26. The van der Waals surface area contributed by atoms with Gasteiger partial charge in [0.2, 0.25) is 17.8 Å². The summed E-state index contributed by atoms with van der Waals surface area (Å²) < 4.78 is 0. The second-order valence-electron chi connectivity index (χ2n) is 4.27. The highest BCUT2D eigenvalue weighted by Crippen LogP contribution is 2.26. The van der Waals surface area contributed by atoms with Crippen LogP contribution in [0.25, 0.3) is 0 Å². The Kier molecular flexibility index (Phi) is 3.65. The van der Waals surface area contributed by atoms with E-state index in [1.165, 1.54) is 0 Å². The van der Waals surface area contributed by atoms with Gasteiger partial charge < -0.3 is 17.2 Å². The summed E-state index contributed by atoms with van der Waals surface area (Å²) in [6.45, 7) is 0. The van der Waals surface area contributed by atoms with Crippen LogP contribution in [0.4, 0.5) is 5.69 Å². The number of imide groups is 1. The molecule has 1 atom stereocenters. The number of aliphatic imine (C=N–C) groups is 2. The van der Waals surface area contributed by atoms with Gasteiger partial charge in [-0.15, -0.1) is 0 Å². The summed E-state index contributed by atoms with van der Waals surface area (Å²) in [4.78, 5) is 30.3. The number of guanidine groups is 2. The number of nitrogens with zero attached hydrogens (tertiary/aromatic N) is 2. The van der Waals surface area contributed by atoms with E-state index in [0.717, 1.165) is 5.56 Å². The van der Waals surface area contributed by atoms with Crippen molar-refractivity contribution in [2.24, 2.45) is 27.2 Å². The van der Waals surface area contributed by atoms with Crippen LogP contribution in [0.5, 0.6) is 0 Å². The number of carbonyl (C=O) groups excluding carboxylic acids is 2. The van der Waals surface area contributed by atoms with E-state index in [0.29, 0.717) is 5.69 Å². The van der Waals surface area contributed by atoms with Gasteiger partial charge >= 0.3 is 0 Å². The number of carbonyl (C=O) groups is 2. The predicted molar refractivity (Wildman–Crippen MR) is 74.0 cm³/mol. The van der Waals surface area contributed by atoms with Crippen molar-refractivity contribution in [1.82, 2.24) is 5.32 Å². The zero-order valence-corrected chi connectivity index (χ0v) is 10.5. The van der Waals surface area contributed by atoms with E-state index in [2.05, 4.69) is 15.3 Å². The third-order valence-corrected chi connectivity index (χ3v) is 2.75. The van der Waals surface area contributed by atoms with Crippen LogP contribution < -0.4 is 22.5 Å². The van der Waals surface area contributed by atoms with Crippen LogP contribution in [0.3, 0.4) is 0 Å². The number of amides is 2. The van der Waals surface area contributed by atoms with Gasteiger partial charge in [0.1, 0.15) is 0 Å². The Morgan fingerprint density at radius 2 is 1.80 bits per heavy atom. The Labute approximate surface area is 114 Å². The van der Waals surface area contributed by atoms with Crippen molar-refractivity contribution in [3.63, 3.8) is 0 Å². The van der Waals surface area contributed by atoms with Crippen molar-refractivity contribution in [2.45, 2.75) is 12.3 Å². The topological polar surface area (TPSA) is 149 Å². The van der Waals surface area contributed by atoms with Crippen molar-refractivity contribution >= 4 is 29.4 Å². The first-order chi connectivity index (χ1) is 9.45. The minimum atomic E-state index is -0.449. The number of benzene rings is 1. The van der Waals surface area contributed by atoms with Gasteiger partial charge in [-0.2, -0.15) is 4.99 Å². The molecule has 1 aliphatic heterocycles. The van der Waals surface area contributed by atoms with Crippen LogP contribution in [0.1, 0.15) is 17.9 Å². The lowest BCUT2D eigenvalue weighted by Gasteiger charge is -2.06. The third kappa shape index (κ3) is 3.10. The summed E-state index contributed by atoms with van der Waals surface area (Å²) in [5.41, 5.74) is 17.1. The number of rotatable bonds is 2. The molecule has 1 aliphatic rings. The summed E-state index contributed by atoms with van der Waals surface area (Å²) >= 11 is 0. The van der Waals surface area contributed by atoms with Gasteiger partial charge in [0, 0.05) is 6.42 Å². The number of nitrogens with two attached hydrogens (primary N) is 3. The van der Waals surface area contributed by atoms with Crippen molar-refractivity contribution in [3.8, 4) is 0 Å². The highest BCUT2D eigenvalue weighted by Gasteiger charge is 2.31. The minimum Gasteiger partial charge on any atom is -0.370 e. The van der Waals surface area contributed by atoms with E-state index >= 15 is 0 Å². The summed E-state index contributed by atoms with van der Waals surface area (Å²) in [6, 6.07) is 6.76. The minimum absolute atomic E-state index is 0.0634. The molecule has 1 heterocycles. The lowest BCUT2D eigenvalue weighted by molar-refractivity contribution is -0.125. The van der Waals surface area contributed by atoms with Gasteiger partial charge in [0.25, 0.3) is 0 Å². The first kappa shape index (κ1) is 13.5. The highest BCUT2D eigenvalue weighted by atomic mass is 16.2. The molecule has 0 aromatic heterocycles. The Morgan fingerprint density at radius 1 is 1.15 bits per heavy atom. The smallest absolute Gasteiger partial charge is 0.234 e. The summed E-state index contributed by atoms with van der Waals surface area (Å²) in [6.07, 6.45) is 0.164.